The third kappa shape index (κ3) is 3.34. The average molecular weight is 348 g/mol. The van der Waals surface area contributed by atoms with Gasteiger partial charge in [0.25, 0.3) is 0 Å². The Kier molecular flexibility index (Phi) is 4.29. The molecule has 2 aromatic rings. The fourth-order valence-electron chi connectivity index (χ4n) is 1.89. The largest absolute Gasteiger partial charge is 0.349 e. The molecule has 4 N–H and O–H groups in total. The minimum Gasteiger partial charge on any atom is -0.292 e. The zero-order chi connectivity index (χ0) is 16.4. The molecule has 0 radical (unpaired) electrons. The van der Waals surface area contributed by atoms with Crippen LogP contribution in [0.25, 0.3) is 22.5 Å². The number of aromatic amines is 1. The molecule has 0 spiro atoms. The monoisotopic (exact) mass is 347 g/mol. The van der Waals surface area contributed by atoms with Crippen molar-refractivity contribution in [2.45, 2.75) is 0 Å². The number of anilines is 1. The Morgan fingerprint density at radius 2 is 1.52 bits per heavy atom. The molecule has 1 heterocycles. The van der Waals surface area contributed by atoms with Gasteiger partial charge in [0.1, 0.15) is 5.82 Å². The maximum absolute atomic E-state index is 11.2. The van der Waals surface area contributed by atoms with Gasteiger partial charge < -0.3 is 0 Å². The first-order chi connectivity index (χ1) is 11.1. The van der Waals surface area contributed by atoms with E-state index in [-0.39, 0.29) is 5.95 Å². The van der Waals surface area contributed by atoms with E-state index >= 15 is 0 Å². The molecular formula is C15H11Cl2N5O. The Balaban J connectivity index is 0.000000213. The van der Waals surface area contributed by atoms with Crippen LogP contribution in [0.2, 0.25) is 10.0 Å². The van der Waals surface area contributed by atoms with Crippen molar-refractivity contribution >= 4 is 29.2 Å². The van der Waals surface area contributed by atoms with Crippen LogP contribution in [0, 0.1) is 0 Å². The molecule has 116 valence electrons. The lowest BCUT2D eigenvalue weighted by molar-refractivity contribution is 0.985. The number of nitrogens with two attached hydrogens (primary N) is 1. The topological polar surface area (TPSA) is 96.7 Å². The lowest BCUT2D eigenvalue weighted by Crippen LogP contribution is -2.19. The summed E-state index contributed by atoms with van der Waals surface area (Å²) in [6.45, 7) is 0. The molecule has 0 saturated carbocycles. The fourth-order valence-corrected chi connectivity index (χ4v) is 2.19. The summed E-state index contributed by atoms with van der Waals surface area (Å²) < 4.78 is 0. The Morgan fingerprint density at radius 3 is 2.00 bits per heavy atom. The second-order valence-electron chi connectivity index (χ2n) is 4.68. The molecule has 6 nitrogen and oxygen atoms in total. The van der Waals surface area contributed by atoms with Crippen molar-refractivity contribution in [3.63, 3.8) is 0 Å². The third-order valence-electron chi connectivity index (χ3n) is 3.19. The van der Waals surface area contributed by atoms with Crippen molar-refractivity contribution in [3.8, 4) is 22.5 Å². The Hall–Kier alpha value is -2.41. The number of fused-ring (bicyclic) bond motifs is 1. The van der Waals surface area contributed by atoms with Gasteiger partial charge in [0.15, 0.2) is 0 Å². The first-order valence-electron chi connectivity index (χ1n) is 6.57. The summed E-state index contributed by atoms with van der Waals surface area (Å²) in [4.78, 5) is 21.2. The highest BCUT2D eigenvalue weighted by atomic mass is 35.5. The second kappa shape index (κ2) is 6.37. The SMILES string of the molecule is NNc1nc(-c2ccc(Cl)c(Cl)c2)[nH]c(=O)n1.c1cc2ccc1-2. The summed E-state index contributed by atoms with van der Waals surface area (Å²) in [5.74, 6) is 5.47. The van der Waals surface area contributed by atoms with Crippen LogP contribution in [0.1, 0.15) is 0 Å². The zero-order valence-corrected chi connectivity index (χ0v) is 13.2. The maximum Gasteiger partial charge on any atom is 0.349 e. The van der Waals surface area contributed by atoms with Crippen molar-refractivity contribution < 1.29 is 0 Å². The van der Waals surface area contributed by atoms with Crippen molar-refractivity contribution in [2.24, 2.45) is 5.84 Å². The molecule has 0 aliphatic heterocycles. The lowest BCUT2D eigenvalue weighted by atomic mass is 9.95. The molecule has 1 aromatic heterocycles. The maximum atomic E-state index is 11.2. The van der Waals surface area contributed by atoms with Gasteiger partial charge in [-0.15, -0.1) is 0 Å². The standard InChI is InChI=1S/C9H7Cl2N5O.C6H4/c10-5-2-1-4(3-6(5)11)7-13-8(16-12)15-9(17)14-7;1-2-6-4-3-5(1)6/h1-3H,12H2,(H2,13,14,15,16,17);1-4H. The number of hydrogen-bond donors (Lipinski definition) is 3. The molecular weight excluding hydrogens is 337 g/mol. The summed E-state index contributed by atoms with van der Waals surface area (Å²) in [5, 5.41) is 0.787. The van der Waals surface area contributed by atoms with Crippen molar-refractivity contribution in [3.05, 3.63) is 63.0 Å². The number of benzene rings is 2. The molecule has 8 heteroatoms. The number of H-pyrrole nitrogens is 1. The summed E-state index contributed by atoms with van der Waals surface area (Å²) >= 11 is 11.7. The van der Waals surface area contributed by atoms with E-state index in [1.165, 1.54) is 11.1 Å². The number of nitrogen functional groups attached to an aromatic ring is 1. The molecule has 1 aromatic carbocycles. The average Bonchev–Trinajstić information content (AvgIpc) is 2.53. The summed E-state index contributed by atoms with van der Waals surface area (Å²) in [6, 6.07) is 13.3. The molecule has 0 saturated heterocycles. The number of nitrogens with zero attached hydrogens (tertiary/aromatic N) is 2. The first kappa shape index (κ1) is 15.5. The zero-order valence-electron chi connectivity index (χ0n) is 11.7. The van der Waals surface area contributed by atoms with Crippen LogP contribution < -0.4 is 17.0 Å². The normalized spacial score (nSPS) is 10.6. The highest BCUT2D eigenvalue weighted by Gasteiger charge is 2.07. The van der Waals surface area contributed by atoms with E-state index in [4.69, 9.17) is 29.0 Å². The quantitative estimate of drug-likeness (QED) is 0.382. The van der Waals surface area contributed by atoms with Gasteiger partial charge in [0.05, 0.1) is 10.0 Å². The molecule has 0 unspecified atom stereocenters. The summed E-state index contributed by atoms with van der Waals surface area (Å²) in [7, 11) is 0. The van der Waals surface area contributed by atoms with Gasteiger partial charge in [-0.25, -0.2) is 10.6 Å². The third-order valence-corrected chi connectivity index (χ3v) is 3.93. The van der Waals surface area contributed by atoms with Crippen LogP contribution in [-0.4, -0.2) is 15.0 Å². The van der Waals surface area contributed by atoms with Crippen LogP contribution in [0.15, 0.2) is 47.3 Å². The van der Waals surface area contributed by atoms with E-state index in [0.29, 0.717) is 21.4 Å². The van der Waals surface area contributed by atoms with Gasteiger partial charge in [0.2, 0.25) is 5.95 Å². The van der Waals surface area contributed by atoms with Gasteiger partial charge in [-0.1, -0.05) is 47.5 Å². The van der Waals surface area contributed by atoms with Gasteiger partial charge in [0, 0.05) is 5.56 Å². The molecule has 0 atom stereocenters. The number of aromatic nitrogens is 3. The predicted molar refractivity (Wildman–Crippen MR) is 91.4 cm³/mol. The van der Waals surface area contributed by atoms with E-state index in [0.717, 1.165) is 0 Å². The number of hydrazine groups is 1. The highest BCUT2D eigenvalue weighted by Crippen LogP contribution is 2.29. The van der Waals surface area contributed by atoms with E-state index in [2.05, 4.69) is 44.6 Å². The number of nitrogens with one attached hydrogen (secondary N) is 2. The first-order valence-corrected chi connectivity index (χ1v) is 7.33. The minimum atomic E-state index is -0.561. The molecule has 0 fully saturated rings. The van der Waals surface area contributed by atoms with Crippen LogP contribution in [-0.2, 0) is 0 Å². The van der Waals surface area contributed by atoms with Crippen LogP contribution in [0.5, 0.6) is 0 Å². The molecule has 2 aliphatic rings. The van der Waals surface area contributed by atoms with E-state index in [1.807, 2.05) is 0 Å². The summed E-state index contributed by atoms with van der Waals surface area (Å²) in [6.07, 6.45) is 0. The van der Waals surface area contributed by atoms with E-state index in [9.17, 15) is 4.79 Å². The lowest BCUT2D eigenvalue weighted by Gasteiger charge is -2.10. The van der Waals surface area contributed by atoms with Gasteiger partial charge in [-0.05, 0) is 29.3 Å². The van der Waals surface area contributed by atoms with Crippen LogP contribution in [0.4, 0.5) is 5.95 Å². The van der Waals surface area contributed by atoms with E-state index in [1.54, 1.807) is 18.2 Å². The van der Waals surface area contributed by atoms with Crippen molar-refractivity contribution in [1.29, 1.82) is 0 Å². The minimum absolute atomic E-state index is 0.0230. The van der Waals surface area contributed by atoms with Crippen molar-refractivity contribution in [2.75, 3.05) is 5.43 Å². The summed E-state index contributed by atoms with van der Waals surface area (Å²) in [5.41, 5.74) is 5.10. The molecule has 0 bridgehead atoms. The van der Waals surface area contributed by atoms with Gasteiger partial charge in [-0.2, -0.15) is 9.97 Å². The highest BCUT2D eigenvalue weighted by molar-refractivity contribution is 6.42. The second-order valence-corrected chi connectivity index (χ2v) is 5.49. The molecule has 23 heavy (non-hydrogen) atoms. The molecule has 2 aliphatic carbocycles. The Bertz CT molecular complexity index is 887. The van der Waals surface area contributed by atoms with Gasteiger partial charge >= 0.3 is 5.69 Å². The molecule has 0 amide bonds. The van der Waals surface area contributed by atoms with E-state index < -0.39 is 5.69 Å². The number of rotatable bonds is 2. The fraction of sp³-hybridized carbons (Fsp3) is 0. The predicted octanol–water partition coefficient (Wildman–Crippen LogP) is 3.09. The Labute approximate surface area is 141 Å². The smallest absolute Gasteiger partial charge is 0.292 e. The van der Waals surface area contributed by atoms with Gasteiger partial charge in [-0.3, -0.25) is 10.4 Å². The van der Waals surface area contributed by atoms with Crippen LogP contribution in [0.3, 0.4) is 0 Å². The number of halogens is 2. The van der Waals surface area contributed by atoms with Crippen molar-refractivity contribution in [1.82, 2.24) is 15.0 Å². The Morgan fingerprint density at radius 1 is 0.913 bits per heavy atom. The van der Waals surface area contributed by atoms with Crippen LogP contribution >= 0.6 is 23.2 Å². The molecule has 4 rings (SSSR count). The number of hydrogen-bond acceptors (Lipinski definition) is 5.